The largest absolute Gasteiger partial charge is 0.309 e. The van der Waals surface area contributed by atoms with Crippen molar-refractivity contribution in [1.29, 1.82) is 0 Å². The number of hydrogen-bond acceptors (Lipinski definition) is 1. The van der Waals surface area contributed by atoms with Crippen LogP contribution in [-0.4, -0.2) is 0 Å². The third-order valence-electron chi connectivity index (χ3n) is 12.3. The van der Waals surface area contributed by atoms with Gasteiger partial charge in [-0.05, 0) is 97.1 Å². The number of rotatable bonds is 4. The fourth-order valence-electron chi connectivity index (χ4n) is 10.0. The van der Waals surface area contributed by atoms with Gasteiger partial charge in [0.05, 0.1) is 11.1 Å². The van der Waals surface area contributed by atoms with E-state index in [0.29, 0.717) is 0 Å². The normalized spacial score (nSPS) is 14.5. The molecule has 0 fully saturated rings. The fourth-order valence-corrected chi connectivity index (χ4v) is 10.0. The Balaban J connectivity index is 1.37. The Hall–Kier alpha value is -6.44. The van der Waals surface area contributed by atoms with Crippen LogP contribution < -0.4 is 4.90 Å². The lowest BCUT2D eigenvalue weighted by Gasteiger charge is -2.34. The lowest BCUT2D eigenvalue weighted by atomic mass is 9.69. The molecular formula is C52H37N. The maximum atomic E-state index is 2.61. The van der Waals surface area contributed by atoms with Crippen LogP contribution in [0.15, 0.2) is 188 Å². The summed E-state index contributed by atoms with van der Waals surface area (Å²) in [5, 5.41) is 0. The second kappa shape index (κ2) is 11.0. The number of hydrogen-bond donors (Lipinski definition) is 0. The van der Waals surface area contributed by atoms with Crippen LogP contribution >= 0.6 is 0 Å². The monoisotopic (exact) mass is 675 g/mol. The van der Waals surface area contributed by atoms with Gasteiger partial charge >= 0.3 is 0 Å². The zero-order chi connectivity index (χ0) is 35.3. The first-order valence-electron chi connectivity index (χ1n) is 18.7. The summed E-state index contributed by atoms with van der Waals surface area (Å²) in [4.78, 5) is 2.54. The smallest absolute Gasteiger partial charge is 0.0726 e. The second-order valence-corrected chi connectivity index (χ2v) is 15.2. The number of nitrogens with zero attached hydrogens (tertiary/aromatic N) is 1. The molecule has 0 saturated carbocycles. The molecule has 0 atom stereocenters. The molecule has 0 bridgehead atoms. The first kappa shape index (κ1) is 30.2. The maximum Gasteiger partial charge on any atom is 0.0726 e. The Kier molecular flexibility index (Phi) is 6.29. The van der Waals surface area contributed by atoms with Gasteiger partial charge in [-0.15, -0.1) is 0 Å². The lowest BCUT2D eigenvalue weighted by molar-refractivity contribution is 0.657. The molecule has 1 spiro atoms. The Morgan fingerprint density at radius 2 is 0.811 bits per heavy atom. The third kappa shape index (κ3) is 3.97. The predicted molar refractivity (Wildman–Crippen MR) is 220 cm³/mol. The van der Waals surface area contributed by atoms with Crippen LogP contribution in [0, 0.1) is 0 Å². The van der Waals surface area contributed by atoms with E-state index in [-0.39, 0.29) is 5.41 Å². The summed E-state index contributed by atoms with van der Waals surface area (Å²) in [7, 11) is 0. The van der Waals surface area contributed by atoms with Crippen molar-refractivity contribution in [3.63, 3.8) is 0 Å². The van der Waals surface area contributed by atoms with E-state index in [4.69, 9.17) is 0 Å². The molecule has 0 radical (unpaired) electrons. The molecule has 8 aromatic rings. The minimum atomic E-state index is -0.504. The van der Waals surface area contributed by atoms with E-state index in [9.17, 15) is 0 Å². The molecule has 3 aliphatic rings. The van der Waals surface area contributed by atoms with E-state index in [1.165, 1.54) is 83.6 Å². The number of anilines is 3. The molecule has 250 valence electrons. The van der Waals surface area contributed by atoms with Crippen LogP contribution in [0.4, 0.5) is 17.1 Å². The highest BCUT2D eigenvalue weighted by atomic mass is 15.1. The predicted octanol–water partition coefficient (Wildman–Crippen LogP) is 13.5. The van der Waals surface area contributed by atoms with E-state index in [2.05, 4.69) is 207 Å². The van der Waals surface area contributed by atoms with Crippen molar-refractivity contribution in [2.24, 2.45) is 0 Å². The zero-order valence-electron chi connectivity index (χ0n) is 29.8. The molecule has 0 N–H and O–H groups in total. The van der Waals surface area contributed by atoms with Crippen molar-refractivity contribution >= 4 is 17.1 Å². The van der Waals surface area contributed by atoms with Crippen LogP contribution in [0.25, 0.3) is 44.5 Å². The first-order valence-corrected chi connectivity index (χ1v) is 18.7. The number of para-hydroxylation sites is 2. The van der Waals surface area contributed by atoms with Crippen molar-refractivity contribution in [1.82, 2.24) is 0 Å². The zero-order valence-corrected chi connectivity index (χ0v) is 29.8. The van der Waals surface area contributed by atoms with Crippen LogP contribution in [0.2, 0.25) is 0 Å². The fraction of sp³-hybridized carbons (Fsp3) is 0.0769. The van der Waals surface area contributed by atoms with Gasteiger partial charge in [-0.25, -0.2) is 0 Å². The van der Waals surface area contributed by atoms with Crippen LogP contribution in [0.5, 0.6) is 0 Å². The van der Waals surface area contributed by atoms with Crippen LogP contribution in [-0.2, 0) is 10.8 Å². The van der Waals surface area contributed by atoms with Gasteiger partial charge < -0.3 is 4.90 Å². The molecule has 11 rings (SSSR count). The van der Waals surface area contributed by atoms with Gasteiger partial charge in [-0.2, -0.15) is 0 Å². The average molecular weight is 676 g/mol. The molecular weight excluding hydrogens is 639 g/mol. The quantitative estimate of drug-likeness (QED) is 0.179. The Bertz CT molecular complexity index is 2660. The van der Waals surface area contributed by atoms with Crippen molar-refractivity contribution in [3.05, 3.63) is 221 Å². The van der Waals surface area contributed by atoms with E-state index >= 15 is 0 Å². The van der Waals surface area contributed by atoms with E-state index in [1.807, 2.05) is 0 Å². The van der Waals surface area contributed by atoms with E-state index in [1.54, 1.807) is 0 Å². The van der Waals surface area contributed by atoms with Crippen molar-refractivity contribution in [3.8, 4) is 44.5 Å². The average Bonchev–Trinajstić information content (AvgIpc) is 3.77. The summed E-state index contributed by atoms with van der Waals surface area (Å²) in [6.07, 6.45) is 0. The summed E-state index contributed by atoms with van der Waals surface area (Å²) >= 11 is 0. The highest BCUT2D eigenvalue weighted by Gasteiger charge is 2.54. The standard InChI is InChI=1S/C52H37N/c1-51(2)42-27-15-14-26-40(42)48-46(51)33-47-49(50(48)53(36-20-8-4-9-21-36)37-22-10-5-11-23-37)41-31-30-35(34-18-6-3-7-19-34)32-45(41)52(47)43-28-16-12-24-38(43)39-25-13-17-29-44(39)52/h3-33H,1-2H3. The molecule has 0 amide bonds. The van der Waals surface area contributed by atoms with Crippen molar-refractivity contribution in [2.45, 2.75) is 24.7 Å². The molecule has 8 aromatic carbocycles. The Morgan fingerprint density at radius 3 is 1.42 bits per heavy atom. The first-order chi connectivity index (χ1) is 26.1. The van der Waals surface area contributed by atoms with Crippen molar-refractivity contribution < 1.29 is 0 Å². The highest BCUT2D eigenvalue weighted by Crippen LogP contribution is 2.68. The molecule has 0 aliphatic heterocycles. The highest BCUT2D eigenvalue weighted by molar-refractivity contribution is 6.08. The van der Waals surface area contributed by atoms with Crippen LogP contribution in [0.1, 0.15) is 47.2 Å². The number of fused-ring (bicyclic) bond motifs is 13. The van der Waals surface area contributed by atoms with Gasteiger partial charge in [0.15, 0.2) is 0 Å². The van der Waals surface area contributed by atoms with Gasteiger partial charge in [0.25, 0.3) is 0 Å². The molecule has 0 saturated heterocycles. The Labute approximate surface area is 311 Å². The topological polar surface area (TPSA) is 3.24 Å². The Morgan fingerprint density at radius 1 is 0.340 bits per heavy atom. The maximum absolute atomic E-state index is 2.61. The molecule has 1 nitrogen and oxygen atoms in total. The van der Waals surface area contributed by atoms with Gasteiger partial charge in [-0.3, -0.25) is 0 Å². The summed E-state index contributed by atoms with van der Waals surface area (Å²) in [5.74, 6) is 0. The summed E-state index contributed by atoms with van der Waals surface area (Å²) in [6, 6.07) is 70.1. The summed E-state index contributed by atoms with van der Waals surface area (Å²) in [5.41, 5.74) is 21.4. The molecule has 53 heavy (non-hydrogen) atoms. The van der Waals surface area contributed by atoms with Crippen molar-refractivity contribution in [2.75, 3.05) is 4.90 Å². The minimum Gasteiger partial charge on any atom is -0.309 e. The number of benzene rings is 8. The minimum absolute atomic E-state index is 0.211. The summed E-state index contributed by atoms with van der Waals surface area (Å²) in [6.45, 7) is 4.84. The molecule has 0 heterocycles. The van der Waals surface area contributed by atoms with Gasteiger partial charge in [0.2, 0.25) is 0 Å². The molecule has 0 aromatic heterocycles. The van der Waals surface area contributed by atoms with Gasteiger partial charge in [0.1, 0.15) is 0 Å². The van der Waals surface area contributed by atoms with Gasteiger partial charge in [-0.1, -0.05) is 172 Å². The lowest BCUT2D eigenvalue weighted by Crippen LogP contribution is -2.27. The summed E-state index contributed by atoms with van der Waals surface area (Å²) < 4.78 is 0. The van der Waals surface area contributed by atoms with Gasteiger partial charge in [0, 0.05) is 27.9 Å². The SMILES string of the molecule is CC1(C)c2ccccc2-c2c1cc1c(c2N(c2ccccc2)c2ccccc2)-c2ccc(-c3ccccc3)cc2C12c1ccccc1-c1ccccc12. The third-order valence-corrected chi connectivity index (χ3v) is 12.3. The van der Waals surface area contributed by atoms with E-state index in [0.717, 1.165) is 11.4 Å². The second-order valence-electron chi connectivity index (χ2n) is 15.2. The molecule has 0 unspecified atom stereocenters. The molecule has 3 aliphatic carbocycles. The van der Waals surface area contributed by atoms with Crippen LogP contribution in [0.3, 0.4) is 0 Å². The van der Waals surface area contributed by atoms with E-state index < -0.39 is 5.41 Å². The molecule has 1 heteroatoms.